The van der Waals surface area contributed by atoms with Crippen molar-refractivity contribution in [2.24, 2.45) is 0 Å². The Bertz CT molecular complexity index is 1010. The number of pyridine rings is 1. The van der Waals surface area contributed by atoms with Gasteiger partial charge in [-0.15, -0.1) is 0 Å². The fourth-order valence-electron chi connectivity index (χ4n) is 2.70. The van der Waals surface area contributed by atoms with Crippen molar-refractivity contribution in [3.63, 3.8) is 0 Å². The van der Waals surface area contributed by atoms with Gasteiger partial charge in [0.1, 0.15) is 0 Å². The molecular weight excluding hydrogens is 375 g/mol. The summed E-state index contributed by atoms with van der Waals surface area (Å²) in [5, 5.41) is 2.07. The molecule has 132 valence electrons. The highest BCUT2D eigenvalue weighted by Gasteiger charge is 2.20. The molecule has 3 aromatic rings. The summed E-state index contributed by atoms with van der Waals surface area (Å²) in [6.45, 7) is 0. The minimum Gasteiger partial charge on any atom is -0.465 e. The zero-order valence-corrected chi connectivity index (χ0v) is 15.5. The Kier molecular flexibility index (Phi) is 5.11. The van der Waals surface area contributed by atoms with Crippen LogP contribution in [0.25, 0.3) is 10.8 Å². The highest BCUT2D eigenvalue weighted by molar-refractivity contribution is 6.40. The van der Waals surface area contributed by atoms with Gasteiger partial charge in [-0.1, -0.05) is 23.2 Å². The van der Waals surface area contributed by atoms with E-state index >= 15 is 0 Å². The van der Waals surface area contributed by atoms with Crippen LogP contribution in [-0.2, 0) is 4.74 Å². The zero-order chi connectivity index (χ0) is 18.8. The molecule has 0 saturated heterocycles. The van der Waals surface area contributed by atoms with Crippen LogP contribution in [0.2, 0.25) is 10.0 Å². The van der Waals surface area contributed by atoms with E-state index in [1.807, 2.05) is 0 Å². The second-order valence-corrected chi connectivity index (χ2v) is 6.42. The molecule has 5 nitrogen and oxygen atoms in total. The Balaban J connectivity index is 2.22. The summed E-state index contributed by atoms with van der Waals surface area (Å²) in [5.74, 6) is -0.782. The van der Waals surface area contributed by atoms with Crippen molar-refractivity contribution >= 4 is 51.5 Å². The third kappa shape index (κ3) is 3.36. The van der Waals surface area contributed by atoms with Gasteiger partial charge >= 0.3 is 5.97 Å². The molecule has 0 fully saturated rings. The molecule has 0 aliphatic rings. The lowest BCUT2D eigenvalue weighted by Gasteiger charge is -2.21. The normalized spacial score (nSPS) is 10.6. The summed E-state index contributed by atoms with van der Waals surface area (Å²) in [6.07, 6.45) is 3.08. The first-order valence-electron chi connectivity index (χ1n) is 7.61. The Morgan fingerprint density at radius 2 is 1.73 bits per heavy atom. The number of rotatable bonds is 3. The number of halogens is 2. The molecule has 0 bridgehead atoms. The lowest BCUT2D eigenvalue weighted by molar-refractivity contribution is 0.0600. The number of benzene rings is 2. The predicted octanol–water partition coefficient (Wildman–Crippen LogP) is 4.60. The summed E-state index contributed by atoms with van der Waals surface area (Å²) in [6, 6.07) is 9.72. The molecule has 0 unspecified atom stereocenters. The van der Waals surface area contributed by atoms with Crippen molar-refractivity contribution in [1.82, 2.24) is 4.98 Å². The second-order valence-electron chi connectivity index (χ2n) is 5.57. The number of carbonyl (C=O) groups excluding carboxylic acids is 2. The van der Waals surface area contributed by atoms with Crippen molar-refractivity contribution in [1.29, 1.82) is 0 Å². The predicted molar refractivity (Wildman–Crippen MR) is 102 cm³/mol. The van der Waals surface area contributed by atoms with Crippen LogP contribution < -0.4 is 4.90 Å². The Labute approximate surface area is 160 Å². The first kappa shape index (κ1) is 18.2. The number of fused-ring (bicyclic) bond motifs is 1. The number of methoxy groups -OCH3 is 1. The van der Waals surface area contributed by atoms with Gasteiger partial charge in [0.25, 0.3) is 5.91 Å². The Hall–Kier alpha value is -2.63. The number of aromatic nitrogens is 1. The SMILES string of the molecule is COC(=O)c1cc(N(C)C(=O)c2ccncc2)c2c(Cl)cc(Cl)cc2c1. The quantitative estimate of drug-likeness (QED) is 0.614. The van der Waals surface area contributed by atoms with Crippen LogP contribution in [0.15, 0.2) is 48.8 Å². The third-order valence-corrected chi connectivity index (χ3v) is 4.48. The monoisotopic (exact) mass is 388 g/mol. The molecule has 26 heavy (non-hydrogen) atoms. The largest absolute Gasteiger partial charge is 0.465 e. The molecule has 0 aliphatic heterocycles. The van der Waals surface area contributed by atoms with Gasteiger partial charge < -0.3 is 9.64 Å². The maximum Gasteiger partial charge on any atom is 0.337 e. The van der Waals surface area contributed by atoms with Crippen LogP contribution in [-0.4, -0.2) is 31.0 Å². The fourth-order valence-corrected chi connectivity index (χ4v) is 3.31. The number of hydrogen-bond donors (Lipinski definition) is 0. The first-order chi connectivity index (χ1) is 12.4. The van der Waals surface area contributed by atoms with Gasteiger partial charge in [-0.3, -0.25) is 9.78 Å². The number of amides is 1. The van der Waals surface area contributed by atoms with E-state index in [4.69, 9.17) is 27.9 Å². The molecule has 7 heteroatoms. The van der Waals surface area contributed by atoms with Crippen LogP contribution in [0, 0.1) is 0 Å². The fraction of sp³-hybridized carbons (Fsp3) is 0.105. The number of ether oxygens (including phenoxy) is 1. The van der Waals surface area contributed by atoms with Gasteiger partial charge in [0.2, 0.25) is 0 Å². The van der Waals surface area contributed by atoms with Gasteiger partial charge in [0, 0.05) is 35.4 Å². The van der Waals surface area contributed by atoms with Crippen molar-refractivity contribution < 1.29 is 14.3 Å². The van der Waals surface area contributed by atoms with Crippen LogP contribution in [0.5, 0.6) is 0 Å². The molecule has 0 saturated carbocycles. The summed E-state index contributed by atoms with van der Waals surface area (Å²) < 4.78 is 4.81. The van der Waals surface area contributed by atoms with Gasteiger partial charge in [-0.05, 0) is 41.8 Å². The summed E-state index contributed by atoms with van der Waals surface area (Å²) in [7, 11) is 2.91. The van der Waals surface area contributed by atoms with E-state index in [2.05, 4.69) is 4.98 Å². The van der Waals surface area contributed by atoms with Crippen molar-refractivity contribution in [2.75, 3.05) is 19.1 Å². The summed E-state index contributed by atoms with van der Waals surface area (Å²) >= 11 is 12.5. The van der Waals surface area contributed by atoms with E-state index in [9.17, 15) is 9.59 Å². The zero-order valence-electron chi connectivity index (χ0n) is 14.0. The maximum atomic E-state index is 12.8. The smallest absolute Gasteiger partial charge is 0.337 e. The first-order valence-corrected chi connectivity index (χ1v) is 8.37. The number of carbonyl (C=O) groups is 2. The van der Waals surface area contributed by atoms with Crippen LogP contribution in [0.1, 0.15) is 20.7 Å². The van der Waals surface area contributed by atoms with Crippen molar-refractivity contribution in [2.45, 2.75) is 0 Å². The van der Waals surface area contributed by atoms with Crippen molar-refractivity contribution in [3.8, 4) is 0 Å². The molecule has 1 amide bonds. The van der Waals surface area contributed by atoms with E-state index < -0.39 is 5.97 Å². The minimum absolute atomic E-state index is 0.262. The topological polar surface area (TPSA) is 59.5 Å². The average molecular weight is 389 g/mol. The van der Waals surface area contributed by atoms with Gasteiger partial charge in [-0.2, -0.15) is 0 Å². The van der Waals surface area contributed by atoms with E-state index in [1.54, 1.807) is 43.4 Å². The van der Waals surface area contributed by atoms with E-state index in [0.29, 0.717) is 37.6 Å². The molecule has 0 spiro atoms. The molecule has 1 aromatic heterocycles. The highest BCUT2D eigenvalue weighted by atomic mass is 35.5. The molecule has 2 aromatic carbocycles. The minimum atomic E-state index is -0.519. The molecule has 3 rings (SSSR count). The molecule has 0 atom stereocenters. The lowest BCUT2D eigenvalue weighted by atomic mass is 10.0. The molecule has 1 heterocycles. The lowest BCUT2D eigenvalue weighted by Crippen LogP contribution is -2.26. The highest BCUT2D eigenvalue weighted by Crippen LogP contribution is 2.36. The molecule has 0 aliphatic carbocycles. The number of esters is 1. The van der Waals surface area contributed by atoms with E-state index in [-0.39, 0.29) is 5.91 Å². The third-order valence-electron chi connectivity index (χ3n) is 3.96. The molecular formula is C19H14Cl2N2O3. The number of nitrogens with zero attached hydrogens (tertiary/aromatic N) is 2. The Morgan fingerprint density at radius 3 is 2.38 bits per heavy atom. The average Bonchev–Trinajstić information content (AvgIpc) is 2.65. The van der Waals surface area contributed by atoms with E-state index in [1.165, 1.54) is 24.4 Å². The molecule has 0 N–H and O–H groups in total. The van der Waals surface area contributed by atoms with Crippen LogP contribution in [0.4, 0.5) is 5.69 Å². The van der Waals surface area contributed by atoms with Crippen LogP contribution >= 0.6 is 23.2 Å². The number of anilines is 1. The van der Waals surface area contributed by atoms with Gasteiger partial charge in [0.05, 0.1) is 23.4 Å². The van der Waals surface area contributed by atoms with E-state index in [0.717, 1.165) is 0 Å². The number of hydrogen-bond acceptors (Lipinski definition) is 4. The maximum absolute atomic E-state index is 12.8. The second kappa shape index (κ2) is 7.32. The van der Waals surface area contributed by atoms with Crippen LogP contribution in [0.3, 0.4) is 0 Å². The van der Waals surface area contributed by atoms with Crippen molar-refractivity contribution in [3.05, 3.63) is 70.0 Å². The summed E-state index contributed by atoms with van der Waals surface area (Å²) in [4.78, 5) is 30.2. The standard InChI is InChI=1S/C19H14Cl2N2O3/c1-23(18(24)11-3-5-22-6-4-11)16-9-13(19(25)26-2)7-12-8-14(20)10-15(21)17(12)16/h3-10H,1-2H3. The Morgan fingerprint density at radius 1 is 1.04 bits per heavy atom. The van der Waals surface area contributed by atoms with Gasteiger partial charge in [0.15, 0.2) is 0 Å². The molecule has 0 radical (unpaired) electrons. The summed E-state index contributed by atoms with van der Waals surface area (Å²) in [5.41, 5.74) is 1.23. The van der Waals surface area contributed by atoms with Gasteiger partial charge in [-0.25, -0.2) is 4.79 Å².